The number of fused-ring (bicyclic) bond motifs is 2. The van der Waals surface area contributed by atoms with Gasteiger partial charge in [-0.25, -0.2) is 4.39 Å². The molecule has 2 saturated carbocycles. The number of rotatable bonds is 5. The third-order valence-corrected chi connectivity index (χ3v) is 4.81. The second-order valence-corrected chi connectivity index (χ2v) is 6.35. The van der Waals surface area contributed by atoms with Crippen molar-refractivity contribution >= 4 is 17.6 Å². The lowest BCUT2D eigenvalue weighted by Gasteiger charge is -2.20. The molecule has 2 fully saturated rings. The summed E-state index contributed by atoms with van der Waals surface area (Å²) in [4.78, 5) is 23.5. The number of hydrogen-bond donors (Lipinski definition) is 1. The van der Waals surface area contributed by atoms with Gasteiger partial charge in [-0.15, -0.1) is 0 Å². The van der Waals surface area contributed by atoms with E-state index in [4.69, 9.17) is 4.74 Å². The lowest BCUT2D eigenvalue weighted by molar-refractivity contribution is -0.148. The molecular weight excluding hydrogens is 285 g/mol. The topological polar surface area (TPSA) is 55.4 Å². The molecule has 2 bridgehead atoms. The maximum absolute atomic E-state index is 12.8. The Labute approximate surface area is 129 Å². The number of benzene rings is 1. The average molecular weight is 305 g/mol. The van der Waals surface area contributed by atoms with Gasteiger partial charge in [-0.2, -0.15) is 0 Å². The van der Waals surface area contributed by atoms with Gasteiger partial charge in [-0.05, 0) is 61.3 Å². The Morgan fingerprint density at radius 2 is 1.95 bits per heavy atom. The van der Waals surface area contributed by atoms with E-state index in [2.05, 4.69) is 5.32 Å². The number of anilines is 1. The van der Waals surface area contributed by atoms with Crippen LogP contribution in [0.2, 0.25) is 0 Å². The van der Waals surface area contributed by atoms with E-state index >= 15 is 0 Å². The highest BCUT2D eigenvalue weighted by Crippen LogP contribution is 2.49. The van der Waals surface area contributed by atoms with Crippen LogP contribution in [0, 0.1) is 23.6 Å². The van der Waals surface area contributed by atoms with Gasteiger partial charge in [-0.1, -0.05) is 6.42 Å². The Morgan fingerprint density at radius 1 is 1.18 bits per heavy atom. The second kappa shape index (κ2) is 6.46. The van der Waals surface area contributed by atoms with Crippen molar-refractivity contribution in [1.29, 1.82) is 0 Å². The van der Waals surface area contributed by atoms with Gasteiger partial charge in [0.15, 0.2) is 6.61 Å². The molecule has 2 aliphatic carbocycles. The predicted molar refractivity (Wildman–Crippen MR) is 79.5 cm³/mol. The highest BCUT2D eigenvalue weighted by Gasteiger charge is 2.40. The van der Waals surface area contributed by atoms with E-state index in [1.165, 1.54) is 43.5 Å². The van der Waals surface area contributed by atoms with Crippen molar-refractivity contribution in [3.05, 3.63) is 30.1 Å². The quantitative estimate of drug-likeness (QED) is 0.850. The molecule has 22 heavy (non-hydrogen) atoms. The lowest BCUT2D eigenvalue weighted by atomic mass is 9.86. The van der Waals surface area contributed by atoms with Crippen LogP contribution >= 0.6 is 0 Å². The first-order chi connectivity index (χ1) is 10.6. The first kappa shape index (κ1) is 15.0. The van der Waals surface area contributed by atoms with Crippen LogP contribution < -0.4 is 5.32 Å². The molecule has 0 aromatic heterocycles. The largest absolute Gasteiger partial charge is 0.456 e. The minimum Gasteiger partial charge on any atom is -0.456 e. The Bertz CT molecular complexity index is 558. The van der Waals surface area contributed by atoms with E-state index in [-0.39, 0.29) is 18.4 Å². The number of esters is 1. The molecule has 1 amide bonds. The molecule has 2 aliphatic rings. The molecule has 0 heterocycles. The third kappa shape index (κ3) is 3.64. The Morgan fingerprint density at radius 3 is 2.59 bits per heavy atom. The van der Waals surface area contributed by atoms with Crippen molar-refractivity contribution < 1.29 is 18.7 Å². The first-order valence-electron chi connectivity index (χ1n) is 7.81. The van der Waals surface area contributed by atoms with Crippen molar-refractivity contribution in [3.8, 4) is 0 Å². The standard InChI is InChI=1S/C17H20FNO3/c18-14-3-5-15(6-4-14)19-16(20)10-22-17(21)9-13-8-11-1-2-12(13)7-11/h3-6,11-13H,1-2,7-10H2,(H,19,20)/t11-,12+,13-/m0/s1. The minimum absolute atomic E-state index is 0.295. The molecule has 0 saturated heterocycles. The number of nitrogens with one attached hydrogen (secondary N) is 1. The van der Waals surface area contributed by atoms with Crippen LogP contribution in [0.5, 0.6) is 0 Å². The van der Waals surface area contributed by atoms with Crippen molar-refractivity contribution in [3.63, 3.8) is 0 Å². The van der Waals surface area contributed by atoms with E-state index in [0.29, 0.717) is 23.9 Å². The third-order valence-electron chi connectivity index (χ3n) is 4.81. The van der Waals surface area contributed by atoms with Crippen LogP contribution in [0.4, 0.5) is 10.1 Å². The number of ether oxygens (including phenoxy) is 1. The normalized spacial score (nSPS) is 26.0. The Balaban J connectivity index is 1.39. The van der Waals surface area contributed by atoms with E-state index in [0.717, 1.165) is 12.3 Å². The molecule has 1 N–H and O–H groups in total. The number of hydrogen-bond acceptors (Lipinski definition) is 3. The van der Waals surface area contributed by atoms with Gasteiger partial charge >= 0.3 is 5.97 Å². The van der Waals surface area contributed by atoms with Gasteiger partial charge in [0, 0.05) is 12.1 Å². The van der Waals surface area contributed by atoms with Crippen LogP contribution in [-0.2, 0) is 14.3 Å². The summed E-state index contributed by atoms with van der Waals surface area (Å²) in [5.41, 5.74) is 0.482. The fraction of sp³-hybridized carbons (Fsp3) is 0.529. The number of carbonyl (C=O) groups excluding carboxylic acids is 2. The average Bonchev–Trinajstić information content (AvgIpc) is 3.10. The van der Waals surface area contributed by atoms with Crippen LogP contribution in [0.1, 0.15) is 32.1 Å². The number of halogens is 1. The Hall–Kier alpha value is -1.91. The van der Waals surface area contributed by atoms with E-state index in [9.17, 15) is 14.0 Å². The summed E-state index contributed by atoms with van der Waals surface area (Å²) in [6.07, 6.45) is 5.33. The van der Waals surface area contributed by atoms with E-state index < -0.39 is 5.91 Å². The molecule has 3 atom stereocenters. The van der Waals surface area contributed by atoms with Crippen LogP contribution in [0.3, 0.4) is 0 Å². The zero-order valence-electron chi connectivity index (χ0n) is 12.4. The van der Waals surface area contributed by atoms with Crippen molar-refractivity contribution in [1.82, 2.24) is 0 Å². The Kier molecular flexibility index (Phi) is 4.41. The number of amides is 1. The minimum atomic E-state index is -0.409. The van der Waals surface area contributed by atoms with Crippen molar-refractivity contribution in [2.24, 2.45) is 17.8 Å². The predicted octanol–water partition coefficient (Wildman–Crippen LogP) is 3.13. The summed E-state index contributed by atoms with van der Waals surface area (Å²) in [7, 11) is 0. The zero-order valence-corrected chi connectivity index (χ0v) is 12.4. The summed E-state index contributed by atoms with van der Waals surface area (Å²) in [5.74, 6) is 0.830. The summed E-state index contributed by atoms with van der Waals surface area (Å²) < 4.78 is 17.8. The highest BCUT2D eigenvalue weighted by molar-refractivity contribution is 5.92. The molecule has 1 aromatic carbocycles. The highest BCUT2D eigenvalue weighted by atomic mass is 19.1. The maximum Gasteiger partial charge on any atom is 0.306 e. The summed E-state index contributed by atoms with van der Waals surface area (Å²) in [5, 5.41) is 2.56. The van der Waals surface area contributed by atoms with Crippen LogP contribution in [0.15, 0.2) is 24.3 Å². The molecule has 4 nitrogen and oxygen atoms in total. The van der Waals surface area contributed by atoms with Gasteiger partial charge < -0.3 is 10.1 Å². The van der Waals surface area contributed by atoms with Crippen LogP contribution in [-0.4, -0.2) is 18.5 Å². The smallest absolute Gasteiger partial charge is 0.306 e. The molecule has 3 rings (SSSR count). The first-order valence-corrected chi connectivity index (χ1v) is 7.81. The SMILES string of the molecule is O=C(COC(=O)C[C@@H]1C[C@H]2CC[C@@H]1C2)Nc1ccc(F)cc1. The van der Waals surface area contributed by atoms with Crippen molar-refractivity contribution in [2.45, 2.75) is 32.1 Å². The molecular formula is C17H20FNO3. The maximum atomic E-state index is 12.8. The van der Waals surface area contributed by atoms with Gasteiger partial charge in [-0.3, -0.25) is 9.59 Å². The molecule has 0 aliphatic heterocycles. The number of carbonyl (C=O) groups is 2. The molecule has 5 heteroatoms. The second-order valence-electron chi connectivity index (χ2n) is 6.35. The summed E-state index contributed by atoms with van der Waals surface area (Å²) >= 11 is 0. The molecule has 1 aromatic rings. The van der Waals surface area contributed by atoms with E-state index in [1.807, 2.05) is 0 Å². The molecule has 0 spiro atoms. The van der Waals surface area contributed by atoms with Gasteiger partial charge in [0.05, 0.1) is 0 Å². The summed E-state index contributed by atoms with van der Waals surface area (Å²) in [6.45, 7) is -0.295. The monoisotopic (exact) mass is 305 g/mol. The lowest BCUT2D eigenvalue weighted by Crippen LogP contribution is -2.23. The van der Waals surface area contributed by atoms with Gasteiger partial charge in [0.25, 0.3) is 5.91 Å². The molecule has 118 valence electrons. The summed E-state index contributed by atoms with van der Waals surface area (Å²) in [6, 6.07) is 5.45. The fourth-order valence-corrected chi connectivity index (χ4v) is 3.78. The zero-order chi connectivity index (χ0) is 15.5. The molecule has 0 radical (unpaired) electrons. The molecule has 0 unspecified atom stereocenters. The van der Waals surface area contributed by atoms with Crippen molar-refractivity contribution in [2.75, 3.05) is 11.9 Å². The van der Waals surface area contributed by atoms with Gasteiger partial charge in [0.2, 0.25) is 0 Å². The van der Waals surface area contributed by atoms with Crippen LogP contribution in [0.25, 0.3) is 0 Å². The van der Waals surface area contributed by atoms with E-state index in [1.54, 1.807) is 0 Å². The van der Waals surface area contributed by atoms with Gasteiger partial charge in [0.1, 0.15) is 5.82 Å². The fourth-order valence-electron chi connectivity index (χ4n) is 3.78.